The summed E-state index contributed by atoms with van der Waals surface area (Å²) in [6, 6.07) is 8.26. The van der Waals surface area contributed by atoms with E-state index in [1.165, 1.54) is 13.2 Å². The third kappa shape index (κ3) is 3.20. The molecule has 0 aromatic heterocycles. The monoisotopic (exact) mass is 362 g/mol. The van der Waals surface area contributed by atoms with Crippen LogP contribution in [0.1, 0.15) is 60.3 Å². The Hall–Kier alpha value is -2.01. The summed E-state index contributed by atoms with van der Waals surface area (Å²) in [6.07, 6.45) is 2.63. The zero-order valence-corrected chi connectivity index (χ0v) is 14.6. The molecule has 1 aliphatic heterocycles. The molecule has 26 heavy (non-hydrogen) atoms. The van der Waals surface area contributed by atoms with E-state index in [0.29, 0.717) is 41.9 Å². The van der Waals surface area contributed by atoms with E-state index in [0.717, 1.165) is 12.8 Å². The lowest BCUT2D eigenvalue weighted by Gasteiger charge is -2.29. The highest BCUT2D eigenvalue weighted by atomic mass is 19.2. The van der Waals surface area contributed by atoms with Crippen molar-refractivity contribution in [3.8, 4) is 5.75 Å². The minimum atomic E-state index is -0.784. The summed E-state index contributed by atoms with van der Waals surface area (Å²) < 4.78 is 53.1. The number of methoxy groups -OCH3 is 1. The Bertz CT molecular complexity index is 809. The molecule has 4 rings (SSSR count). The van der Waals surface area contributed by atoms with Gasteiger partial charge in [-0.3, -0.25) is 0 Å². The summed E-state index contributed by atoms with van der Waals surface area (Å²) in [5.41, 5.74) is 1.41. The first kappa shape index (κ1) is 17.4. The second-order valence-electron chi connectivity index (χ2n) is 7.13. The molecule has 2 aliphatic rings. The average molecular weight is 362 g/mol. The van der Waals surface area contributed by atoms with Gasteiger partial charge in [0.05, 0.1) is 13.7 Å². The summed E-state index contributed by atoms with van der Waals surface area (Å²) in [5, 5.41) is 0. The van der Waals surface area contributed by atoms with Gasteiger partial charge in [0.1, 0.15) is 17.7 Å². The Morgan fingerprint density at radius 3 is 1.96 bits per heavy atom. The molecule has 0 bridgehead atoms. The highest BCUT2D eigenvalue weighted by Crippen LogP contribution is 2.43. The molecule has 138 valence electrons. The van der Waals surface area contributed by atoms with E-state index in [-0.39, 0.29) is 23.8 Å². The molecule has 2 fully saturated rings. The van der Waals surface area contributed by atoms with Crippen LogP contribution in [0.25, 0.3) is 0 Å². The minimum absolute atomic E-state index is 0.0313. The van der Waals surface area contributed by atoms with E-state index in [9.17, 15) is 13.2 Å². The number of halogens is 3. The van der Waals surface area contributed by atoms with Gasteiger partial charge in [-0.25, -0.2) is 13.2 Å². The Balaban J connectivity index is 1.48. The number of epoxide rings is 1. The van der Waals surface area contributed by atoms with Gasteiger partial charge in [0.25, 0.3) is 0 Å². The van der Waals surface area contributed by atoms with E-state index in [1.54, 1.807) is 24.3 Å². The maximum atomic E-state index is 14.5. The quantitative estimate of drug-likeness (QED) is 0.658. The van der Waals surface area contributed by atoms with Crippen LogP contribution >= 0.6 is 0 Å². The van der Waals surface area contributed by atoms with Crippen molar-refractivity contribution in [3.05, 3.63) is 64.5 Å². The molecule has 0 spiro atoms. The van der Waals surface area contributed by atoms with E-state index in [2.05, 4.69) is 0 Å². The molecule has 1 heterocycles. The SMILES string of the molecule is COc1ccc(C2CCC(c3ccc(C4CO4)c(F)c3F)CC2)c(F)c1. The molecule has 5 heteroatoms. The van der Waals surface area contributed by atoms with Gasteiger partial charge in [-0.05, 0) is 54.7 Å². The molecule has 1 saturated carbocycles. The van der Waals surface area contributed by atoms with Crippen LogP contribution in [0.4, 0.5) is 13.2 Å². The normalized spacial score (nSPS) is 25.2. The predicted molar refractivity (Wildman–Crippen MR) is 92.0 cm³/mol. The Morgan fingerprint density at radius 2 is 1.38 bits per heavy atom. The Morgan fingerprint density at radius 1 is 0.846 bits per heavy atom. The van der Waals surface area contributed by atoms with Crippen molar-refractivity contribution in [2.24, 2.45) is 0 Å². The predicted octanol–water partition coefficient (Wildman–Crippen LogP) is 5.63. The van der Waals surface area contributed by atoms with Crippen LogP contribution in [0.2, 0.25) is 0 Å². The van der Waals surface area contributed by atoms with Gasteiger partial charge >= 0.3 is 0 Å². The van der Waals surface area contributed by atoms with Crippen LogP contribution in [0.15, 0.2) is 30.3 Å². The van der Waals surface area contributed by atoms with Crippen molar-refractivity contribution in [1.82, 2.24) is 0 Å². The van der Waals surface area contributed by atoms with E-state index in [1.807, 2.05) is 0 Å². The Kier molecular flexibility index (Phi) is 4.65. The molecule has 0 N–H and O–H groups in total. The molecule has 1 saturated heterocycles. The second-order valence-corrected chi connectivity index (χ2v) is 7.13. The number of hydrogen-bond donors (Lipinski definition) is 0. The topological polar surface area (TPSA) is 21.8 Å². The van der Waals surface area contributed by atoms with Crippen molar-refractivity contribution < 1.29 is 22.6 Å². The van der Waals surface area contributed by atoms with E-state index < -0.39 is 11.6 Å². The standard InChI is InChI=1S/C21H21F3O2/c1-25-14-6-7-15(18(22)10-14)12-2-4-13(5-3-12)16-8-9-17(19-11-26-19)21(24)20(16)23/h6-10,12-13,19H,2-5,11H2,1H3. The first-order valence-corrected chi connectivity index (χ1v) is 9.01. The number of ether oxygens (including phenoxy) is 2. The maximum Gasteiger partial charge on any atom is 0.165 e. The van der Waals surface area contributed by atoms with Crippen molar-refractivity contribution in [2.75, 3.05) is 13.7 Å². The highest BCUT2D eigenvalue weighted by molar-refractivity contribution is 5.34. The smallest absolute Gasteiger partial charge is 0.165 e. The number of hydrogen-bond acceptors (Lipinski definition) is 2. The third-order valence-corrected chi connectivity index (χ3v) is 5.64. The van der Waals surface area contributed by atoms with Crippen molar-refractivity contribution in [2.45, 2.75) is 43.6 Å². The fourth-order valence-corrected chi connectivity index (χ4v) is 4.05. The van der Waals surface area contributed by atoms with Crippen molar-refractivity contribution in [3.63, 3.8) is 0 Å². The first-order chi connectivity index (χ1) is 12.6. The molecular formula is C21H21F3O2. The zero-order chi connectivity index (χ0) is 18.3. The molecule has 0 radical (unpaired) electrons. The molecular weight excluding hydrogens is 341 g/mol. The van der Waals surface area contributed by atoms with E-state index >= 15 is 0 Å². The van der Waals surface area contributed by atoms with Crippen molar-refractivity contribution in [1.29, 1.82) is 0 Å². The third-order valence-electron chi connectivity index (χ3n) is 5.64. The minimum Gasteiger partial charge on any atom is -0.497 e. The van der Waals surface area contributed by atoms with Gasteiger partial charge in [0, 0.05) is 11.6 Å². The fraction of sp³-hybridized carbons (Fsp3) is 0.429. The summed E-state index contributed by atoms with van der Waals surface area (Å²) in [6.45, 7) is 0.453. The summed E-state index contributed by atoms with van der Waals surface area (Å²) in [4.78, 5) is 0. The lowest BCUT2D eigenvalue weighted by molar-refractivity contribution is 0.368. The van der Waals surface area contributed by atoms with Crippen LogP contribution in [0, 0.1) is 17.5 Å². The first-order valence-electron chi connectivity index (χ1n) is 9.01. The van der Waals surface area contributed by atoms with Gasteiger partial charge in [-0.1, -0.05) is 18.2 Å². The molecule has 2 aromatic carbocycles. The van der Waals surface area contributed by atoms with Crippen LogP contribution in [-0.4, -0.2) is 13.7 Å². The maximum absolute atomic E-state index is 14.5. The molecule has 2 nitrogen and oxygen atoms in total. The van der Waals surface area contributed by atoms with Gasteiger partial charge in [-0.2, -0.15) is 0 Å². The second kappa shape index (κ2) is 6.95. The molecule has 1 aliphatic carbocycles. The lowest BCUT2D eigenvalue weighted by atomic mass is 9.75. The van der Waals surface area contributed by atoms with Crippen LogP contribution < -0.4 is 4.74 Å². The fourth-order valence-electron chi connectivity index (χ4n) is 4.05. The number of benzene rings is 2. The van der Waals surface area contributed by atoms with Crippen LogP contribution in [-0.2, 0) is 4.74 Å². The van der Waals surface area contributed by atoms with Gasteiger partial charge in [0.2, 0.25) is 0 Å². The summed E-state index contributed by atoms with van der Waals surface area (Å²) in [5.74, 6) is -1.23. The van der Waals surface area contributed by atoms with Gasteiger partial charge < -0.3 is 9.47 Å². The van der Waals surface area contributed by atoms with Crippen LogP contribution in [0.5, 0.6) is 5.75 Å². The molecule has 1 atom stereocenters. The largest absolute Gasteiger partial charge is 0.497 e. The summed E-state index contributed by atoms with van der Waals surface area (Å²) >= 11 is 0. The van der Waals surface area contributed by atoms with Crippen molar-refractivity contribution >= 4 is 0 Å². The van der Waals surface area contributed by atoms with Gasteiger partial charge in [-0.15, -0.1) is 0 Å². The van der Waals surface area contributed by atoms with Crippen LogP contribution in [0.3, 0.4) is 0 Å². The lowest BCUT2D eigenvalue weighted by Crippen LogP contribution is -2.15. The summed E-state index contributed by atoms with van der Waals surface area (Å²) in [7, 11) is 1.51. The number of rotatable bonds is 4. The highest BCUT2D eigenvalue weighted by Gasteiger charge is 2.32. The molecule has 0 amide bonds. The average Bonchev–Trinajstić information content (AvgIpc) is 3.49. The molecule has 2 aromatic rings. The Labute approximate surface area is 150 Å². The van der Waals surface area contributed by atoms with E-state index in [4.69, 9.17) is 9.47 Å². The zero-order valence-electron chi connectivity index (χ0n) is 14.6. The van der Waals surface area contributed by atoms with Gasteiger partial charge in [0.15, 0.2) is 11.6 Å². The molecule has 1 unspecified atom stereocenters.